The highest BCUT2D eigenvalue weighted by atomic mass is 19.1. The molecule has 0 radical (unpaired) electrons. The quantitative estimate of drug-likeness (QED) is 0.545. The van der Waals surface area contributed by atoms with E-state index in [0.717, 1.165) is 11.3 Å². The molecule has 2 N–H and O–H groups in total. The Morgan fingerprint density at radius 3 is 2.67 bits per heavy atom. The smallest absolute Gasteiger partial charge is 0.170 e. The van der Waals surface area contributed by atoms with Gasteiger partial charge in [-0.15, -0.1) is 0 Å². The number of carbonyl (C=O) groups excluding carboxylic acids is 1. The number of aromatic nitrogens is 2. The van der Waals surface area contributed by atoms with Gasteiger partial charge in [-0.05, 0) is 41.6 Å². The van der Waals surface area contributed by atoms with E-state index >= 15 is 4.39 Å². The molecule has 5 nitrogen and oxygen atoms in total. The zero-order chi connectivity index (χ0) is 21.3. The Balaban J connectivity index is 1.82. The summed E-state index contributed by atoms with van der Waals surface area (Å²) in [5, 5.41) is 10.2. The van der Waals surface area contributed by atoms with Crippen molar-refractivity contribution in [1.82, 2.24) is 20.4 Å². The van der Waals surface area contributed by atoms with E-state index in [2.05, 4.69) is 15.5 Å². The maximum absolute atomic E-state index is 15.3. The molecule has 0 bridgehead atoms. The first-order chi connectivity index (χ1) is 14.6. The van der Waals surface area contributed by atoms with Gasteiger partial charge in [0.15, 0.2) is 6.29 Å². The van der Waals surface area contributed by atoms with Crippen LogP contribution in [0.3, 0.4) is 0 Å². The van der Waals surface area contributed by atoms with Gasteiger partial charge in [-0.3, -0.25) is 14.8 Å². The lowest BCUT2D eigenvalue weighted by Gasteiger charge is -2.45. The first-order valence-electron chi connectivity index (χ1n) is 10.1. The molecule has 3 atom stereocenters. The van der Waals surface area contributed by atoms with E-state index in [4.69, 9.17) is 0 Å². The Bertz CT molecular complexity index is 919. The fraction of sp³-hybridized carbons (Fsp3) is 0.524. The zero-order valence-electron chi connectivity index (χ0n) is 16.4. The SMILES string of the molecule is O=Cc1n[nH]c2c1C(N1CCCC(F)C1c1ccc(CF)c(CF)c1CF)CNC2. The van der Waals surface area contributed by atoms with E-state index in [-0.39, 0.29) is 28.4 Å². The van der Waals surface area contributed by atoms with Crippen molar-refractivity contribution in [2.24, 2.45) is 0 Å². The summed E-state index contributed by atoms with van der Waals surface area (Å²) in [5.74, 6) is 0. The molecule has 0 saturated carbocycles. The summed E-state index contributed by atoms with van der Waals surface area (Å²) in [6.07, 6.45) is 0.261. The molecular weight excluding hydrogens is 400 g/mol. The van der Waals surface area contributed by atoms with Gasteiger partial charge < -0.3 is 5.32 Å². The third-order valence-corrected chi connectivity index (χ3v) is 6.29. The minimum atomic E-state index is -1.30. The average Bonchev–Trinajstić information content (AvgIpc) is 3.21. The number of nitrogens with zero attached hydrogens (tertiary/aromatic N) is 2. The van der Waals surface area contributed by atoms with E-state index in [9.17, 15) is 18.0 Å². The van der Waals surface area contributed by atoms with Crippen LogP contribution in [0.25, 0.3) is 0 Å². The Labute approximate surface area is 171 Å². The van der Waals surface area contributed by atoms with E-state index < -0.39 is 32.2 Å². The summed E-state index contributed by atoms with van der Waals surface area (Å²) in [7, 11) is 0. The molecule has 2 aliphatic rings. The van der Waals surface area contributed by atoms with E-state index in [1.807, 2.05) is 4.90 Å². The number of aromatic amines is 1. The van der Waals surface area contributed by atoms with Crippen LogP contribution in [0.2, 0.25) is 0 Å². The molecule has 2 aliphatic heterocycles. The van der Waals surface area contributed by atoms with Crippen molar-refractivity contribution in [2.75, 3.05) is 13.1 Å². The van der Waals surface area contributed by atoms with Crippen LogP contribution < -0.4 is 5.32 Å². The number of H-pyrrole nitrogens is 1. The van der Waals surface area contributed by atoms with Gasteiger partial charge in [-0.1, -0.05) is 12.1 Å². The number of alkyl halides is 4. The van der Waals surface area contributed by atoms with Crippen molar-refractivity contribution in [1.29, 1.82) is 0 Å². The largest absolute Gasteiger partial charge is 0.309 e. The molecule has 30 heavy (non-hydrogen) atoms. The molecule has 3 unspecified atom stereocenters. The van der Waals surface area contributed by atoms with Crippen molar-refractivity contribution in [2.45, 2.75) is 57.7 Å². The van der Waals surface area contributed by atoms with Crippen LogP contribution in [-0.2, 0) is 26.6 Å². The van der Waals surface area contributed by atoms with Gasteiger partial charge in [-0.25, -0.2) is 17.6 Å². The Kier molecular flexibility index (Phi) is 6.19. The molecule has 9 heteroatoms. The number of likely N-dealkylation sites (tertiary alicyclic amines) is 1. The van der Waals surface area contributed by atoms with E-state index in [1.165, 1.54) is 12.1 Å². The number of carbonyl (C=O) groups is 1. The van der Waals surface area contributed by atoms with Crippen LogP contribution in [-0.4, -0.2) is 40.6 Å². The molecule has 2 aromatic rings. The third kappa shape index (κ3) is 3.43. The van der Waals surface area contributed by atoms with E-state index in [1.54, 1.807) is 0 Å². The summed E-state index contributed by atoms with van der Waals surface area (Å²) >= 11 is 0. The maximum atomic E-state index is 15.3. The molecule has 0 aliphatic carbocycles. The summed E-state index contributed by atoms with van der Waals surface area (Å²) in [6.45, 7) is -1.41. The lowest BCUT2D eigenvalue weighted by atomic mass is 9.85. The number of aldehydes is 1. The lowest BCUT2D eigenvalue weighted by Crippen LogP contribution is -2.47. The minimum Gasteiger partial charge on any atom is -0.309 e. The number of piperidine rings is 1. The molecular formula is C21H24F4N4O. The second-order valence-corrected chi connectivity index (χ2v) is 7.78. The van der Waals surface area contributed by atoms with Gasteiger partial charge in [0.25, 0.3) is 0 Å². The van der Waals surface area contributed by atoms with Crippen LogP contribution in [0.1, 0.15) is 68.9 Å². The second kappa shape index (κ2) is 8.85. The Morgan fingerprint density at radius 2 is 1.97 bits per heavy atom. The van der Waals surface area contributed by atoms with E-state index in [0.29, 0.717) is 44.3 Å². The van der Waals surface area contributed by atoms with Crippen LogP contribution in [0.4, 0.5) is 17.6 Å². The van der Waals surface area contributed by atoms with Crippen LogP contribution in [0, 0.1) is 0 Å². The second-order valence-electron chi connectivity index (χ2n) is 7.78. The number of hydrogen-bond acceptors (Lipinski definition) is 4. The lowest BCUT2D eigenvalue weighted by molar-refractivity contribution is 0.0257. The van der Waals surface area contributed by atoms with Crippen molar-refractivity contribution in [3.8, 4) is 0 Å². The normalized spacial score (nSPS) is 24.6. The molecule has 162 valence electrons. The van der Waals surface area contributed by atoms with Crippen molar-refractivity contribution in [3.63, 3.8) is 0 Å². The average molecular weight is 424 g/mol. The van der Waals surface area contributed by atoms with Gasteiger partial charge in [0.2, 0.25) is 0 Å². The van der Waals surface area contributed by atoms with Crippen LogP contribution >= 0.6 is 0 Å². The van der Waals surface area contributed by atoms with Crippen LogP contribution in [0.15, 0.2) is 12.1 Å². The summed E-state index contributed by atoms with van der Waals surface area (Å²) in [4.78, 5) is 13.4. The highest BCUT2D eigenvalue weighted by molar-refractivity contribution is 5.75. The fourth-order valence-corrected chi connectivity index (χ4v) is 4.90. The molecule has 1 aromatic heterocycles. The topological polar surface area (TPSA) is 61.0 Å². The summed E-state index contributed by atoms with van der Waals surface area (Å²) in [6, 6.07) is 1.77. The molecule has 1 saturated heterocycles. The third-order valence-electron chi connectivity index (χ3n) is 6.29. The molecule has 1 aromatic carbocycles. The van der Waals surface area contributed by atoms with Crippen molar-refractivity contribution < 1.29 is 22.4 Å². The fourth-order valence-electron chi connectivity index (χ4n) is 4.90. The molecule has 0 spiro atoms. The zero-order valence-corrected chi connectivity index (χ0v) is 16.4. The summed E-state index contributed by atoms with van der Waals surface area (Å²) < 4.78 is 56.3. The maximum Gasteiger partial charge on any atom is 0.170 e. The number of halogens is 4. The minimum absolute atomic E-state index is 0.0268. The van der Waals surface area contributed by atoms with Gasteiger partial charge in [0, 0.05) is 18.7 Å². The number of hydrogen-bond donors (Lipinski definition) is 2. The van der Waals surface area contributed by atoms with Crippen molar-refractivity contribution in [3.05, 3.63) is 51.3 Å². The number of benzene rings is 1. The monoisotopic (exact) mass is 424 g/mol. The van der Waals surface area contributed by atoms with Gasteiger partial charge in [0.05, 0.1) is 17.8 Å². The first-order valence-corrected chi connectivity index (χ1v) is 10.1. The highest BCUT2D eigenvalue weighted by Crippen LogP contribution is 2.43. The van der Waals surface area contributed by atoms with Crippen molar-refractivity contribution >= 4 is 6.29 Å². The summed E-state index contributed by atoms with van der Waals surface area (Å²) in [5.41, 5.74) is 2.18. The predicted molar refractivity (Wildman–Crippen MR) is 103 cm³/mol. The number of rotatable bonds is 6. The standard InChI is InChI=1S/C21H24F4N4O/c22-6-12-3-4-13(15(8-24)14(12)7-23)21-16(25)2-1-5-29(21)19-10-26-9-17-20(19)18(11-30)28-27-17/h3-4,11,16,19,21,26H,1-2,5-10H2,(H,27,28). The first kappa shape index (κ1) is 21.0. The Morgan fingerprint density at radius 1 is 1.17 bits per heavy atom. The van der Waals surface area contributed by atoms with Gasteiger partial charge >= 0.3 is 0 Å². The highest BCUT2D eigenvalue weighted by Gasteiger charge is 2.41. The number of fused-ring (bicyclic) bond motifs is 1. The predicted octanol–water partition coefficient (Wildman–Crippen LogP) is 3.95. The number of nitrogens with one attached hydrogen (secondary N) is 2. The van der Waals surface area contributed by atoms with Gasteiger partial charge in [-0.2, -0.15) is 5.10 Å². The van der Waals surface area contributed by atoms with Crippen LogP contribution in [0.5, 0.6) is 0 Å². The van der Waals surface area contributed by atoms with Gasteiger partial charge in [0.1, 0.15) is 31.9 Å². The molecule has 3 heterocycles. The Hall–Kier alpha value is -2.26. The molecule has 1 fully saturated rings. The molecule has 4 rings (SSSR count). The molecule has 0 amide bonds.